The van der Waals surface area contributed by atoms with E-state index < -0.39 is 5.97 Å². The van der Waals surface area contributed by atoms with Crippen molar-refractivity contribution < 1.29 is 19.7 Å². The number of benzene rings is 1. The van der Waals surface area contributed by atoms with E-state index in [2.05, 4.69) is 5.32 Å². The van der Waals surface area contributed by atoms with Crippen LogP contribution in [0.5, 0.6) is 5.75 Å². The number of carbonyl (C=O) groups is 1. The Bertz CT molecular complexity index is 438. The summed E-state index contributed by atoms with van der Waals surface area (Å²) in [5.41, 5.74) is 1.33. The predicted molar refractivity (Wildman–Crippen MR) is 61.4 cm³/mol. The summed E-state index contributed by atoms with van der Waals surface area (Å²) in [6.07, 6.45) is 0. The van der Waals surface area contributed by atoms with Crippen molar-refractivity contribution in [3.63, 3.8) is 0 Å². The Morgan fingerprint density at radius 3 is 2.88 bits per heavy atom. The summed E-state index contributed by atoms with van der Waals surface area (Å²) in [5.74, 6) is -0.857. The molecule has 0 bridgehead atoms. The Labute approximate surface area is 99.0 Å². The number of ether oxygens (including phenoxy) is 1. The SMILES string of the molecule is Cc1cc(C(=O)O)cc([C@@H]2COCCN2)c1O. The van der Waals surface area contributed by atoms with E-state index in [1.165, 1.54) is 12.1 Å². The Hall–Kier alpha value is -1.59. The number of carboxylic acids is 1. The van der Waals surface area contributed by atoms with Crippen molar-refractivity contribution in [1.82, 2.24) is 5.32 Å². The molecule has 1 aromatic carbocycles. The summed E-state index contributed by atoms with van der Waals surface area (Å²) in [4.78, 5) is 11.0. The van der Waals surface area contributed by atoms with Crippen LogP contribution in [0, 0.1) is 6.92 Å². The first kappa shape index (κ1) is 11.9. The summed E-state index contributed by atoms with van der Waals surface area (Å²) in [6.45, 7) is 3.46. The van der Waals surface area contributed by atoms with Gasteiger partial charge in [-0.25, -0.2) is 4.79 Å². The molecule has 1 atom stereocenters. The highest BCUT2D eigenvalue weighted by Gasteiger charge is 2.21. The number of phenols is 1. The largest absolute Gasteiger partial charge is 0.507 e. The molecule has 0 radical (unpaired) electrons. The Morgan fingerprint density at radius 1 is 1.53 bits per heavy atom. The first-order valence-corrected chi connectivity index (χ1v) is 5.47. The van der Waals surface area contributed by atoms with Crippen molar-refractivity contribution in [3.8, 4) is 5.75 Å². The zero-order chi connectivity index (χ0) is 12.4. The van der Waals surface area contributed by atoms with E-state index in [0.717, 1.165) is 0 Å². The van der Waals surface area contributed by atoms with Gasteiger partial charge in [0.05, 0.1) is 24.8 Å². The van der Waals surface area contributed by atoms with E-state index in [1.54, 1.807) is 6.92 Å². The van der Waals surface area contributed by atoms with Gasteiger partial charge in [-0.3, -0.25) is 0 Å². The number of aromatic hydroxyl groups is 1. The molecule has 0 aromatic heterocycles. The summed E-state index contributed by atoms with van der Waals surface area (Å²) in [7, 11) is 0. The number of aryl methyl sites for hydroxylation is 1. The maximum absolute atomic E-state index is 11.0. The number of hydrogen-bond acceptors (Lipinski definition) is 4. The monoisotopic (exact) mass is 237 g/mol. The van der Waals surface area contributed by atoms with E-state index in [9.17, 15) is 9.90 Å². The number of aromatic carboxylic acids is 1. The molecular formula is C12H15NO4. The van der Waals surface area contributed by atoms with Crippen molar-refractivity contribution in [2.45, 2.75) is 13.0 Å². The lowest BCUT2D eigenvalue weighted by Gasteiger charge is -2.25. The molecule has 0 spiro atoms. The maximum Gasteiger partial charge on any atom is 0.335 e. The lowest BCUT2D eigenvalue weighted by atomic mass is 9.99. The first-order chi connectivity index (χ1) is 8.09. The smallest absolute Gasteiger partial charge is 0.335 e. The average Bonchev–Trinajstić information content (AvgIpc) is 2.33. The fourth-order valence-corrected chi connectivity index (χ4v) is 1.96. The van der Waals surface area contributed by atoms with Gasteiger partial charge >= 0.3 is 5.97 Å². The summed E-state index contributed by atoms with van der Waals surface area (Å²) in [6, 6.07) is 2.81. The third-order valence-corrected chi connectivity index (χ3v) is 2.87. The minimum atomic E-state index is -0.994. The third-order valence-electron chi connectivity index (χ3n) is 2.87. The highest BCUT2D eigenvalue weighted by Crippen LogP contribution is 2.30. The lowest BCUT2D eigenvalue weighted by molar-refractivity contribution is 0.0692. The standard InChI is InChI=1S/C12H15NO4/c1-7-4-8(12(15)16)5-9(11(7)14)10-6-17-3-2-13-10/h4-5,10,13-14H,2-3,6H2,1H3,(H,15,16)/t10-/m0/s1. The summed E-state index contributed by atoms with van der Waals surface area (Å²) in [5, 5.41) is 22.1. The van der Waals surface area contributed by atoms with Gasteiger partial charge in [0.2, 0.25) is 0 Å². The molecule has 1 aromatic rings. The van der Waals surface area contributed by atoms with Gasteiger partial charge < -0.3 is 20.3 Å². The first-order valence-electron chi connectivity index (χ1n) is 5.47. The number of nitrogens with one attached hydrogen (secondary N) is 1. The fraction of sp³-hybridized carbons (Fsp3) is 0.417. The Kier molecular flexibility index (Phi) is 3.31. The van der Waals surface area contributed by atoms with E-state index in [1.807, 2.05) is 0 Å². The molecule has 3 N–H and O–H groups in total. The van der Waals surface area contributed by atoms with Crippen LogP contribution in [0.25, 0.3) is 0 Å². The van der Waals surface area contributed by atoms with Gasteiger partial charge in [0.15, 0.2) is 0 Å². The van der Waals surface area contributed by atoms with E-state index >= 15 is 0 Å². The molecule has 0 unspecified atom stereocenters. The predicted octanol–water partition coefficient (Wildman–Crippen LogP) is 1.06. The number of rotatable bonds is 2. The summed E-state index contributed by atoms with van der Waals surface area (Å²) < 4.78 is 5.31. The van der Waals surface area contributed by atoms with Crippen molar-refractivity contribution >= 4 is 5.97 Å². The molecule has 5 nitrogen and oxygen atoms in total. The van der Waals surface area contributed by atoms with Crippen LogP contribution in [0.1, 0.15) is 27.5 Å². The fourth-order valence-electron chi connectivity index (χ4n) is 1.96. The molecule has 17 heavy (non-hydrogen) atoms. The van der Waals surface area contributed by atoms with Gasteiger partial charge in [-0.2, -0.15) is 0 Å². The third kappa shape index (κ3) is 2.40. The second kappa shape index (κ2) is 4.73. The second-order valence-corrected chi connectivity index (χ2v) is 4.12. The molecule has 0 aliphatic carbocycles. The van der Waals surface area contributed by atoms with Crippen LogP contribution in [0.4, 0.5) is 0 Å². The Balaban J connectivity index is 2.40. The zero-order valence-electron chi connectivity index (χ0n) is 9.56. The highest BCUT2D eigenvalue weighted by atomic mass is 16.5. The second-order valence-electron chi connectivity index (χ2n) is 4.12. The van der Waals surface area contributed by atoms with Crippen molar-refractivity contribution in [2.24, 2.45) is 0 Å². The van der Waals surface area contributed by atoms with Gasteiger partial charge in [0, 0.05) is 12.1 Å². The lowest BCUT2D eigenvalue weighted by Crippen LogP contribution is -2.34. The van der Waals surface area contributed by atoms with Crippen molar-refractivity contribution in [3.05, 3.63) is 28.8 Å². The van der Waals surface area contributed by atoms with Gasteiger partial charge in [0.1, 0.15) is 5.75 Å². The number of carboxylic acid groups (broad SMARTS) is 1. The molecule has 1 fully saturated rings. The van der Waals surface area contributed by atoms with Gasteiger partial charge in [-0.1, -0.05) is 0 Å². The molecule has 0 saturated carbocycles. The van der Waals surface area contributed by atoms with Crippen molar-refractivity contribution in [1.29, 1.82) is 0 Å². The summed E-state index contributed by atoms with van der Waals surface area (Å²) >= 11 is 0. The van der Waals surface area contributed by atoms with E-state index in [4.69, 9.17) is 9.84 Å². The van der Waals surface area contributed by atoms with Gasteiger partial charge in [0.25, 0.3) is 0 Å². The van der Waals surface area contributed by atoms with Gasteiger partial charge in [-0.15, -0.1) is 0 Å². The van der Waals surface area contributed by atoms with Gasteiger partial charge in [-0.05, 0) is 24.6 Å². The number of hydrogen-bond donors (Lipinski definition) is 3. The number of morpholine rings is 1. The molecule has 1 aliphatic heterocycles. The maximum atomic E-state index is 11.0. The molecule has 5 heteroatoms. The van der Waals surface area contributed by atoms with Crippen LogP contribution < -0.4 is 5.32 Å². The van der Waals surface area contributed by atoms with Crippen LogP contribution in [0.3, 0.4) is 0 Å². The highest BCUT2D eigenvalue weighted by molar-refractivity contribution is 5.88. The zero-order valence-corrected chi connectivity index (χ0v) is 9.56. The van der Waals surface area contributed by atoms with Crippen LogP contribution >= 0.6 is 0 Å². The quantitative estimate of drug-likeness (QED) is 0.716. The molecule has 0 amide bonds. The van der Waals surface area contributed by atoms with Crippen LogP contribution in [-0.4, -0.2) is 35.9 Å². The van der Waals surface area contributed by atoms with E-state index in [-0.39, 0.29) is 17.4 Å². The average molecular weight is 237 g/mol. The molecule has 92 valence electrons. The Morgan fingerprint density at radius 2 is 2.29 bits per heavy atom. The minimum absolute atomic E-state index is 0.137. The van der Waals surface area contributed by atoms with Crippen LogP contribution in [0.2, 0.25) is 0 Å². The number of phenolic OH excluding ortho intramolecular Hbond substituents is 1. The molecular weight excluding hydrogens is 222 g/mol. The molecule has 1 aliphatic rings. The van der Waals surface area contributed by atoms with Crippen LogP contribution in [0.15, 0.2) is 12.1 Å². The minimum Gasteiger partial charge on any atom is -0.507 e. The molecule has 1 saturated heterocycles. The normalized spacial score (nSPS) is 20.2. The van der Waals surface area contributed by atoms with E-state index in [0.29, 0.717) is 30.9 Å². The topological polar surface area (TPSA) is 78.8 Å². The van der Waals surface area contributed by atoms with Crippen LogP contribution in [-0.2, 0) is 4.74 Å². The molecule has 2 rings (SSSR count). The van der Waals surface area contributed by atoms with Crippen molar-refractivity contribution in [2.75, 3.05) is 19.8 Å². The molecule has 1 heterocycles.